The van der Waals surface area contributed by atoms with Crippen LogP contribution in [0.3, 0.4) is 0 Å². The lowest BCUT2D eigenvalue weighted by molar-refractivity contribution is -0.142. The first kappa shape index (κ1) is 15.8. The fraction of sp³-hybridized carbons (Fsp3) is 0.833. The zero-order valence-electron chi connectivity index (χ0n) is 7.45. The summed E-state index contributed by atoms with van der Waals surface area (Å²) in [4.78, 5) is 10.5. The van der Waals surface area contributed by atoms with Gasteiger partial charge in [0.05, 0.1) is 6.61 Å². The highest BCUT2D eigenvalue weighted by molar-refractivity contribution is 5.84. The first-order valence-electron chi connectivity index (χ1n) is 3.66. The van der Waals surface area contributed by atoms with Gasteiger partial charge < -0.3 is 25.5 Å². The number of Topliss-reactive ketones (excluding diaryl/α,β-unsaturated/α-hetero) is 1. The third-order valence-corrected chi connectivity index (χ3v) is 1.39. The lowest BCUT2D eigenvalue weighted by atomic mass is 10.1. The summed E-state index contributed by atoms with van der Waals surface area (Å²) in [6.07, 6.45) is -5.22. The van der Waals surface area contributed by atoms with Gasteiger partial charge in [-0.05, 0) is 0 Å². The van der Waals surface area contributed by atoms with Gasteiger partial charge in [0.25, 0.3) is 0 Å². The second kappa shape index (κ2) is 8.97. The average Bonchev–Trinajstić information content (AvgIpc) is 2.27. The Balaban J connectivity index is 0. The molecule has 0 amide bonds. The van der Waals surface area contributed by atoms with Crippen molar-refractivity contribution in [3.63, 3.8) is 0 Å². The van der Waals surface area contributed by atoms with E-state index in [0.717, 1.165) is 0 Å². The summed E-state index contributed by atoms with van der Waals surface area (Å²) in [6.45, 7) is -1.69. The normalized spacial score (nSPS) is 16.2. The Morgan fingerprint density at radius 1 is 1.14 bits per heavy atom. The van der Waals surface area contributed by atoms with E-state index in [1.807, 2.05) is 0 Å². The minimum Gasteiger partial charge on any atom is -0.394 e. The number of hydrogen-bond acceptors (Lipinski definition) is 8. The highest BCUT2D eigenvalue weighted by atomic mass is 16.4. The largest absolute Gasteiger partial charge is 0.394 e. The minimum atomic E-state index is -1.86. The second-order valence-electron chi connectivity index (χ2n) is 2.31. The molecule has 0 spiro atoms. The lowest BCUT2D eigenvalue weighted by Crippen LogP contribution is -2.44. The fourth-order valence-electron chi connectivity index (χ4n) is 0.602. The molecule has 0 aliphatic carbocycles. The molecule has 14 heavy (non-hydrogen) atoms. The monoisotopic (exact) mass is 212 g/mol. The van der Waals surface area contributed by atoms with Gasteiger partial charge in [-0.2, -0.15) is 0 Å². The van der Waals surface area contributed by atoms with Gasteiger partial charge in [0.2, 0.25) is 0 Å². The van der Waals surface area contributed by atoms with Crippen molar-refractivity contribution in [2.75, 3.05) is 13.2 Å². The van der Waals surface area contributed by atoms with E-state index in [0.29, 0.717) is 0 Å². The zero-order valence-corrected chi connectivity index (χ0v) is 7.45. The molecule has 0 heterocycles. The van der Waals surface area contributed by atoms with Gasteiger partial charge in [-0.25, -0.2) is 0 Å². The number of ketones is 1. The van der Waals surface area contributed by atoms with E-state index in [4.69, 9.17) is 25.5 Å². The van der Waals surface area contributed by atoms with Gasteiger partial charge in [-0.3, -0.25) is 16.5 Å². The second-order valence-corrected chi connectivity index (χ2v) is 2.31. The van der Waals surface area contributed by atoms with Crippen LogP contribution in [0.2, 0.25) is 0 Å². The van der Waals surface area contributed by atoms with Crippen LogP contribution in [0.1, 0.15) is 0 Å². The summed E-state index contributed by atoms with van der Waals surface area (Å²) < 4.78 is 0. The standard InChI is InChI=1S/C6H12O6.H4N2/c7-1-3(9)5(11)6(12)4(10)2-8;1-2/h3,5-9,11-12H,1-2H2;1-2H2. The van der Waals surface area contributed by atoms with Crippen LogP contribution in [-0.2, 0) is 4.79 Å². The van der Waals surface area contributed by atoms with E-state index in [1.165, 1.54) is 0 Å². The molecular weight excluding hydrogens is 196 g/mol. The third-order valence-electron chi connectivity index (χ3n) is 1.39. The fourth-order valence-corrected chi connectivity index (χ4v) is 0.602. The highest BCUT2D eigenvalue weighted by Crippen LogP contribution is 2.00. The maximum absolute atomic E-state index is 10.5. The molecule has 8 heteroatoms. The Hall–Kier alpha value is -0.610. The SMILES string of the molecule is NN.O=C(CO)C(O)C(O)C(O)CO. The van der Waals surface area contributed by atoms with E-state index in [9.17, 15) is 4.79 Å². The summed E-state index contributed by atoms with van der Waals surface area (Å²) in [5.41, 5.74) is 0. The van der Waals surface area contributed by atoms with Gasteiger partial charge in [0.1, 0.15) is 24.9 Å². The van der Waals surface area contributed by atoms with Crippen molar-refractivity contribution in [1.29, 1.82) is 0 Å². The molecule has 0 aromatic carbocycles. The van der Waals surface area contributed by atoms with Crippen molar-refractivity contribution < 1.29 is 30.3 Å². The van der Waals surface area contributed by atoms with Crippen LogP contribution in [-0.4, -0.2) is 62.8 Å². The van der Waals surface area contributed by atoms with Crippen LogP contribution in [0, 0.1) is 0 Å². The number of hydrogen-bond donors (Lipinski definition) is 7. The maximum atomic E-state index is 10.5. The Morgan fingerprint density at radius 3 is 1.86 bits per heavy atom. The number of hydrazine groups is 1. The van der Waals surface area contributed by atoms with Crippen LogP contribution >= 0.6 is 0 Å². The molecule has 0 fully saturated rings. The molecule has 0 bridgehead atoms. The smallest absolute Gasteiger partial charge is 0.189 e. The summed E-state index contributed by atoms with van der Waals surface area (Å²) in [5.74, 6) is 7.00. The highest BCUT2D eigenvalue weighted by Gasteiger charge is 2.28. The Bertz CT molecular complexity index is 155. The molecular formula is C6H16N2O6. The number of aliphatic hydroxyl groups is 5. The molecule has 0 aromatic rings. The van der Waals surface area contributed by atoms with Gasteiger partial charge in [0.15, 0.2) is 5.78 Å². The Labute approximate surface area is 80.4 Å². The van der Waals surface area contributed by atoms with Crippen molar-refractivity contribution in [2.24, 2.45) is 11.7 Å². The van der Waals surface area contributed by atoms with Crippen molar-refractivity contribution in [3.05, 3.63) is 0 Å². The van der Waals surface area contributed by atoms with E-state index < -0.39 is 37.3 Å². The molecule has 0 aliphatic heterocycles. The van der Waals surface area contributed by atoms with Crippen LogP contribution in [0.5, 0.6) is 0 Å². The summed E-state index contributed by atoms with van der Waals surface area (Å²) >= 11 is 0. The van der Waals surface area contributed by atoms with Crippen LogP contribution < -0.4 is 11.7 Å². The van der Waals surface area contributed by atoms with Gasteiger partial charge in [-0.1, -0.05) is 0 Å². The molecule has 0 rings (SSSR count). The summed E-state index contributed by atoms with van der Waals surface area (Å²) in [6, 6.07) is 0. The van der Waals surface area contributed by atoms with Crippen LogP contribution in [0.25, 0.3) is 0 Å². The molecule has 3 unspecified atom stereocenters. The molecule has 0 aromatic heterocycles. The summed E-state index contributed by atoms with van der Waals surface area (Å²) in [7, 11) is 0. The molecule has 0 radical (unpaired) electrons. The van der Waals surface area contributed by atoms with Crippen molar-refractivity contribution >= 4 is 5.78 Å². The number of nitrogens with two attached hydrogens (primary N) is 2. The molecule has 0 saturated heterocycles. The molecule has 0 saturated carbocycles. The van der Waals surface area contributed by atoms with Gasteiger partial charge in [-0.15, -0.1) is 0 Å². The topological polar surface area (TPSA) is 170 Å². The van der Waals surface area contributed by atoms with Gasteiger partial charge in [0, 0.05) is 0 Å². The Morgan fingerprint density at radius 2 is 1.57 bits per heavy atom. The van der Waals surface area contributed by atoms with E-state index in [-0.39, 0.29) is 0 Å². The first-order chi connectivity index (χ1) is 6.54. The van der Waals surface area contributed by atoms with E-state index in [1.54, 1.807) is 0 Å². The maximum Gasteiger partial charge on any atom is 0.189 e. The first-order valence-corrected chi connectivity index (χ1v) is 3.66. The van der Waals surface area contributed by atoms with Crippen molar-refractivity contribution in [3.8, 4) is 0 Å². The number of rotatable bonds is 5. The van der Waals surface area contributed by atoms with Crippen molar-refractivity contribution in [1.82, 2.24) is 0 Å². The predicted octanol–water partition coefficient (Wildman–Crippen LogP) is -4.56. The Kier molecular flexibility index (Phi) is 10.1. The van der Waals surface area contributed by atoms with E-state index in [2.05, 4.69) is 11.7 Å². The number of carbonyl (C=O) groups excluding carboxylic acids is 1. The quantitative estimate of drug-likeness (QED) is 0.176. The molecule has 9 N–H and O–H groups in total. The number of aliphatic hydroxyl groups excluding tert-OH is 5. The lowest BCUT2D eigenvalue weighted by Gasteiger charge is -2.19. The average molecular weight is 212 g/mol. The minimum absolute atomic E-state index is 0.767. The molecule has 8 nitrogen and oxygen atoms in total. The third kappa shape index (κ3) is 5.19. The summed E-state index contributed by atoms with van der Waals surface area (Å²) in [5, 5.41) is 43.1. The number of carbonyl (C=O) groups is 1. The van der Waals surface area contributed by atoms with Crippen LogP contribution in [0.4, 0.5) is 0 Å². The molecule has 3 atom stereocenters. The van der Waals surface area contributed by atoms with E-state index >= 15 is 0 Å². The van der Waals surface area contributed by atoms with Gasteiger partial charge >= 0.3 is 0 Å². The molecule has 0 aliphatic rings. The zero-order chi connectivity index (χ0) is 11.7. The molecule has 86 valence electrons. The van der Waals surface area contributed by atoms with Crippen LogP contribution in [0.15, 0.2) is 0 Å². The predicted molar refractivity (Wildman–Crippen MR) is 45.6 cm³/mol. The van der Waals surface area contributed by atoms with Crippen molar-refractivity contribution in [2.45, 2.75) is 18.3 Å².